The van der Waals surface area contributed by atoms with Crippen LogP contribution < -0.4 is 0 Å². The van der Waals surface area contributed by atoms with E-state index in [1.54, 1.807) is 0 Å². The molecule has 1 aromatic carbocycles. The lowest BCUT2D eigenvalue weighted by atomic mass is 10.1. The Balaban J connectivity index is 2.73. The van der Waals surface area contributed by atoms with E-state index >= 15 is 0 Å². The quantitative estimate of drug-likeness (QED) is 0.604. The minimum Gasteiger partial charge on any atom is -0.475 e. The first-order chi connectivity index (χ1) is 7.09. The topological polar surface area (TPSA) is 67.5 Å². The first-order valence-corrected chi connectivity index (χ1v) is 4.04. The lowest BCUT2D eigenvalue weighted by Crippen LogP contribution is -2.13. The number of aliphatic carboxylic acids is 1. The molecule has 1 N–H and O–H groups in total. The van der Waals surface area contributed by atoms with Crippen molar-refractivity contribution in [2.24, 2.45) is 0 Å². The second kappa shape index (κ2) is 3.20. The number of hydrogen-bond acceptors (Lipinski definition) is 3. The van der Waals surface area contributed by atoms with E-state index in [0.717, 1.165) is 12.1 Å². The smallest absolute Gasteiger partial charge is 0.377 e. The number of carboxylic acid groups (broad SMARTS) is 1. The van der Waals surface area contributed by atoms with Gasteiger partial charge in [-0.1, -0.05) is 0 Å². The molecule has 76 valence electrons. The highest BCUT2D eigenvalue weighted by atomic mass is 19.1. The Morgan fingerprint density at radius 3 is 2.73 bits per heavy atom. The maximum Gasteiger partial charge on any atom is 0.377 e. The molecular weight excluding hydrogens is 203 g/mol. The summed E-state index contributed by atoms with van der Waals surface area (Å²) in [6.07, 6.45) is 1.27. The van der Waals surface area contributed by atoms with Gasteiger partial charge in [0.2, 0.25) is 0 Å². The van der Waals surface area contributed by atoms with Crippen LogP contribution in [0.25, 0.3) is 11.0 Å². The minimum atomic E-state index is -1.64. The second-order valence-corrected chi connectivity index (χ2v) is 2.93. The van der Waals surface area contributed by atoms with Gasteiger partial charge in [0.25, 0.3) is 5.78 Å². The van der Waals surface area contributed by atoms with Gasteiger partial charge in [-0.25, -0.2) is 9.18 Å². The second-order valence-electron chi connectivity index (χ2n) is 2.93. The van der Waals surface area contributed by atoms with E-state index in [9.17, 15) is 14.0 Å². The number of ketones is 1. The molecule has 0 unspecified atom stereocenters. The van der Waals surface area contributed by atoms with Gasteiger partial charge in [-0.2, -0.15) is 0 Å². The molecule has 1 heterocycles. The summed E-state index contributed by atoms with van der Waals surface area (Å²) in [5.74, 6) is -3.50. The van der Waals surface area contributed by atoms with Gasteiger partial charge >= 0.3 is 5.97 Å². The normalized spacial score (nSPS) is 10.5. The SMILES string of the molecule is O=C(O)C(=O)c1cc(F)cc2ccoc12. The highest BCUT2D eigenvalue weighted by Crippen LogP contribution is 2.22. The molecule has 0 aliphatic carbocycles. The maximum absolute atomic E-state index is 13.0. The van der Waals surface area contributed by atoms with Gasteiger partial charge in [-0.15, -0.1) is 0 Å². The van der Waals surface area contributed by atoms with Crippen molar-refractivity contribution < 1.29 is 23.5 Å². The number of carboxylic acids is 1. The van der Waals surface area contributed by atoms with E-state index in [-0.39, 0.29) is 11.1 Å². The maximum atomic E-state index is 13.0. The van der Waals surface area contributed by atoms with Crippen molar-refractivity contribution in [1.82, 2.24) is 0 Å². The Hall–Kier alpha value is -2.17. The lowest BCUT2D eigenvalue weighted by Gasteiger charge is -1.97. The van der Waals surface area contributed by atoms with Crippen molar-refractivity contribution in [2.45, 2.75) is 0 Å². The van der Waals surface area contributed by atoms with Crippen LogP contribution in [0.15, 0.2) is 28.9 Å². The Bertz CT molecular complexity index is 556. The van der Waals surface area contributed by atoms with Crippen LogP contribution in [0.2, 0.25) is 0 Å². The Morgan fingerprint density at radius 1 is 1.33 bits per heavy atom. The average molecular weight is 208 g/mol. The van der Waals surface area contributed by atoms with Crippen molar-refractivity contribution in [3.8, 4) is 0 Å². The first-order valence-electron chi connectivity index (χ1n) is 4.04. The van der Waals surface area contributed by atoms with Gasteiger partial charge < -0.3 is 9.52 Å². The van der Waals surface area contributed by atoms with Crippen LogP contribution in [0.4, 0.5) is 4.39 Å². The largest absolute Gasteiger partial charge is 0.475 e. The Kier molecular flexibility index (Phi) is 2.00. The number of carbonyl (C=O) groups excluding carboxylic acids is 1. The van der Waals surface area contributed by atoms with E-state index in [1.807, 2.05) is 0 Å². The lowest BCUT2D eigenvalue weighted by molar-refractivity contribution is -0.131. The standard InChI is InChI=1S/C10H5FO4/c11-6-3-5-1-2-15-9(5)7(4-6)8(12)10(13)14/h1-4H,(H,13,14). The van der Waals surface area contributed by atoms with Crippen LogP contribution in [0.1, 0.15) is 10.4 Å². The molecule has 1 aromatic heterocycles. The number of rotatable bonds is 2. The number of hydrogen-bond donors (Lipinski definition) is 1. The highest BCUT2D eigenvalue weighted by molar-refractivity contribution is 6.41. The Morgan fingerprint density at radius 2 is 2.07 bits per heavy atom. The number of carbonyl (C=O) groups is 2. The number of fused-ring (bicyclic) bond motifs is 1. The molecule has 0 fully saturated rings. The number of furan rings is 1. The van der Waals surface area contributed by atoms with E-state index in [0.29, 0.717) is 5.39 Å². The third kappa shape index (κ3) is 1.48. The van der Waals surface area contributed by atoms with Crippen molar-refractivity contribution >= 4 is 22.7 Å². The molecular formula is C10H5FO4. The molecule has 2 aromatic rings. The monoisotopic (exact) mass is 208 g/mol. The molecule has 0 aliphatic rings. The molecule has 0 amide bonds. The van der Waals surface area contributed by atoms with Gasteiger partial charge in [0.15, 0.2) is 0 Å². The van der Waals surface area contributed by atoms with E-state index < -0.39 is 17.6 Å². The van der Waals surface area contributed by atoms with E-state index in [1.165, 1.54) is 12.3 Å². The molecule has 2 rings (SSSR count). The summed E-state index contributed by atoms with van der Waals surface area (Å²) >= 11 is 0. The molecule has 0 saturated carbocycles. The van der Waals surface area contributed by atoms with Gasteiger partial charge in [0, 0.05) is 5.39 Å². The number of benzene rings is 1. The third-order valence-electron chi connectivity index (χ3n) is 1.95. The average Bonchev–Trinajstić information content (AvgIpc) is 2.62. The molecule has 0 radical (unpaired) electrons. The predicted octanol–water partition coefficient (Wildman–Crippen LogP) is 1.84. The fraction of sp³-hybridized carbons (Fsp3) is 0. The predicted molar refractivity (Wildman–Crippen MR) is 48.1 cm³/mol. The first kappa shape index (κ1) is 9.39. The summed E-state index contributed by atoms with van der Waals surface area (Å²) in [6, 6.07) is 3.47. The van der Waals surface area contributed by atoms with Gasteiger partial charge in [-0.3, -0.25) is 4.79 Å². The fourth-order valence-corrected chi connectivity index (χ4v) is 1.33. The zero-order chi connectivity index (χ0) is 11.0. The van der Waals surface area contributed by atoms with E-state index in [2.05, 4.69) is 0 Å². The van der Waals surface area contributed by atoms with Gasteiger partial charge in [0.1, 0.15) is 11.4 Å². The minimum absolute atomic E-state index is 0.0869. The Labute approximate surface area is 82.9 Å². The summed E-state index contributed by atoms with van der Waals surface area (Å²) in [6.45, 7) is 0. The number of Topliss-reactive ketones (excluding diaryl/α,β-unsaturated/α-hetero) is 1. The van der Waals surface area contributed by atoms with Crippen LogP contribution in [0.5, 0.6) is 0 Å². The van der Waals surface area contributed by atoms with Gasteiger partial charge in [0.05, 0.1) is 11.8 Å². The van der Waals surface area contributed by atoms with Crippen LogP contribution in [-0.4, -0.2) is 16.9 Å². The number of halogens is 1. The zero-order valence-electron chi connectivity index (χ0n) is 7.36. The van der Waals surface area contributed by atoms with Crippen LogP contribution in [0.3, 0.4) is 0 Å². The molecule has 0 atom stereocenters. The third-order valence-corrected chi connectivity index (χ3v) is 1.95. The fourth-order valence-electron chi connectivity index (χ4n) is 1.33. The van der Waals surface area contributed by atoms with Crippen LogP contribution in [-0.2, 0) is 4.79 Å². The van der Waals surface area contributed by atoms with Crippen LogP contribution >= 0.6 is 0 Å². The van der Waals surface area contributed by atoms with Gasteiger partial charge in [-0.05, 0) is 18.2 Å². The molecule has 0 saturated heterocycles. The summed E-state index contributed by atoms with van der Waals surface area (Å²) < 4.78 is 17.9. The summed E-state index contributed by atoms with van der Waals surface area (Å²) in [5, 5.41) is 8.87. The summed E-state index contributed by atoms with van der Waals surface area (Å²) in [5.41, 5.74) is -0.189. The van der Waals surface area contributed by atoms with Crippen molar-refractivity contribution in [3.05, 3.63) is 35.8 Å². The molecule has 0 spiro atoms. The van der Waals surface area contributed by atoms with E-state index in [4.69, 9.17) is 9.52 Å². The molecule has 0 bridgehead atoms. The van der Waals surface area contributed by atoms with Crippen molar-refractivity contribution in [1.29, 1.82) is 0 Å². The van der Waals surface area contributed by atoms with Crippen molar-refractivity contribution in [2.75, 3.05) is 0 Å². The highest BCUT2D eigenvalue weighted by Gasteiger charge is 2.20. The molecule has 15 heavy (non-hydrogen) atoms. The van der Waals surface area contributed by atoms with Crippen LogP contribution in [0, 0.1) is 5.82 Å². The van der Waals surface area contributed by atoms with Crippen molar-refractivity contribution in [3.63, 3.8) is 0 Å². The summed E-state index contributed by atoms with van der Waals surface area (Å²) in [7, 11) is 0. The molecule has 0 aliphatic heterocycles. The molecule has 5 heteroatoms. The zero-order valence-corrected chi connectivity index (χ0v) is 7.36. The molecule has 4 nitrogen and oxygen atoms in total. The summed E-state index contributed by atoms with van der Waals surface area (Å²) in [4.78, 5) is 21.6.